The maximum absolute atomic E-state index is 5.68. The van der Waals surface area contributed by atoms with Gasteiger partial charge in [-0.05, 0) is 18.1 Å². The van der Waals surface area contributed by atoms with Crippen LogP contribution in [-0.2, 0) is 0 Å². The Labute approximate surface area is 72.5 Å². The fourth-order valence-electron chi connectivity index (χ4n) is 0.905. The van der Waals surface area contributed by atoms with Gasteiger partial charge in [0.1, 0.15) is 5.84 Å². The summed E-state index contributed by atoms with van der Waals surface area (Å²) in [6.07, 6.45) is 11.9. The molecule has 0 aliphatic carbocycles. The molecule has 2 N–H and O–H groups in total. The highest BCUT2D eigenvalue weighted by Gasteiger charge is 1.98. The molecule has 2 nitrogen and oxygen atoms in total. The second-order valence-corrected chi connectivity index (χ2v) is 2.43. The molecule has 0 bridgehead atoms. The molecule has 0 saturated heterocycles. The lowest BCUT2D eigenvalue weighted by molar-refractivity contribution is 1.29. The van der Waals surface area contributed by atoms with Crippen molar-refractivity contribution in [3.8, 4) is 0 Å². The Morgan fingerprint density at radius 3 is 3.00 bits per heavy atom. The zero-order valence-electron chi connectivity index (χ0n) is 6.90. The Balaban J connectivity index is 2.87. The maximum atomic E-state index is 5.68. The molecule has 12 heavy (non-hydrogen) atoms. The van der Waals surface area contributed by atoms with Crippen molar-refractivity contribution in [2.45, 2.75) is 6.42 Å². The summed E-state index contributed by atoms with van der Waals surface area (Å²) in [6.45, 7) is 3.65. The summed E-state index contributed by atoms with van der Waals surface area (Å²) in [5.74, 6) is 0.565. The van der Waals surface area contributed by atoms with Crippen molar-refractivity contribution in [2.24, 2.45) is 10.7 Å². The normalized spacial score (nSPS) is 16.0. The topological polar surface area (TPSA) is 38.4 Å². The van der Waals surface area contributed by atoms with E-state index in [1.165, 1.54) is 0 Å². The Morgan fingerprint density at radius 1 is 1.42 bits per heavy atom. The van der Waals surface area contributed by atoms with Crippen LogP contribution >= 0.6 is 0 Å². The molecule has 0 saturated carbocycles. The quantitative estimate of drug-likeness (QED) is 0.616. The fraction of sp³-hybridized carbons (Fsp3) is 0.100. The molecule has 0 radical (unpaired) electrons. The Hall–Kier alpha value is -1.57. The average Bonchev–Trinajstić information content (AvgIpc) is 2.05. The molecule has 2 heteroatoms. The highest BCUT2D eigenvalue weighted by atomic mass is 14.8. The van der Waals surface area contributed by atoms with E-state index in [4.69, 9.17) is 5.73 Å². The van der Waals surface area contributed by atoms with Crippen LogP contribution in [-0.4, -0.2) is 5.84 Å². The van der Waals surface area contributed by atoms with Crippen molar-refractivity contribution in [3.05, 3.63) is 48.7 Å². The van der Waals surface area contributed by atoms with Crippen LogP contribution in [0.25, 0.3) is 0 Å². The first-order valence-electron chi connectivity index (χ1n) is 3.81. The minimum Gasteiger partial charge on any atom is -0.383 e. The number of allylic oxidation sites excluding steroid dienone is 5. The lowest BCUT2D eigenvalue weighted by Gasteiger charge is -2.02. The third kappa shape index (κ3) is 2.23. The van der Waals surface area contributed by atoms with Crippen molar-refractivity contribution in [1.29, 1.82) is 0 Å². The molecule has 1 rings (SSSR count). The summed E-state index contributed by atoms with van der Waals surface area (Å²) >= 11 is 0. The van der Waals surface area contributed by atoms with Crippen molar-refractivity contribution in [2.75, 3.05) is 0 Å². The van der Waals surface area contributed by atoms with Crippen molar-refractivity contribution < 1.29 is 0 Å². The molecule has 62 valence electrons. The van der Waals surface area contributed by atoms with Crippen LogP contribution in [0.3, 0.4) is 0 Å². The van der Waals surface area contributed by atoms with Gasteiger partial charge in [-0.25, -0.2) is 4.99 Å². The van der Waals surface area contributed by atoms with E-state index in [2.05, 4.69) is 11.6 Å². The van der Waals surface area contributed by atoms with Crippen LogP contribution in [0.4, 0.5) is 0 Å². The second kappa shape index (κ2) is 4.34. The smallest absolute Gasteiger partial charge is 0.126 e. The predicted molar refractivity (Wildman–Crippen MR) is 52.8 cm³/mol. The molecule has 0 atom stereocenters. The monoisotopic (exact) mass is 160 g/mol. The fourth-order valence-corrected chi connectivity index (χ4v) is 0.905. The Kier molecular flexibility index (Phi) is 3.08. The maximum Gasteiger partial charge on any atom is 0.126 e. The standard InChI is InChI=1S/C10H12N2/c1-2-6-9-7-4-3-5-8-12-10(9)11/h2-5,7-8H,1,6H2,(H2,11,12). The summed E-state index contributed by atoms with van der Waals surface area (Å²) in [4.78, 5) is 4.03. The molecule has 1 aliphatic heterocycles. The van der Waals surface area contributed by atoms with Gasteiger partial charge < -0.3 is 5.73 Å². The molecule has 0 amide bonds. The zero-order chi connectivity index (χ0) is 8.81. The second-order valence-electron chi connectivity index (χ2n) is 2.43. The van der Waals surface area contributed by atoms with E-state index < -0.39 is 0 Å². The van der Waals surface area contributed by atoms with Gasteiger partial charge in [0.2, 0.25) is 0 Å². The van der Waals surface area contributed by atoms with Gasteiger partial charge in [-0.3, -0.25) is 0 Å². The summed E-state index contributed by atoms with van der Waals surface area (Å²) in [5, 5.41) is 0. The molecule has 1 heterocycles. The van der Waals surface area contributed by atoms with Gasteiger partial charge in [0, 0.05) is 6.20 Å². The Bertz CT molecular complexity index is 280. The molecular weight excluding hydrogens is 148 g/mol. The lowest BCUT2D eigenvalue weighted by Crippen LogP contribution is -2.14. The van der Waals surface area contributed by atoms with Gasteiger partial charge in [-0.1, -0.05) is 24.3 Å². The molecule has 1 aliphatic rings. The highest BCUT2D eigenvalue weighted by molar-refractivity contribution is 5.97. The number of nitrogens with two attached hydrogens (primary N) is 1. The van der Waals surface area contributed by atoms with Crippen molar-refractivity contribution in [1.82, 2.24) is 0 Å². The van der Waals surface area contributed by atoms with Gasteiger partial charge >= 0.3 is 0 Å². The molecule has 0 fully saturated rings. The number of nitrogens with zero attached hydrogens (tertiary/aromatic N) is 1. The van der Waals surface area contributed by atoms with E-state index in [-0.39, 0.29) is 0 Å². The SMILES string of the molecule is C=CCC1=CC=CC=CN=C1N. The van der Waals surface area contributed by atoms with Crippen LogP contribution in [0, 0.1) is 0 Å². The minimum atomic E-state index is 0.565. The zero-order valence-corrected chi connectivity index (χ0v) is 6.90. The summed E-state index contributed by atoms with van der Waals surface area (Å²) in [5.41, 5.74) is 6.69. The minimum absolute atomic E-state index is 0.565. The average molecular weight is 160 g/mol. The summed E-state index contributed by atoms with van der Waals surface area (Å²) in [7, 11) is 0. The van der Waals surface area contributed by atoms with E-state index in [0.717, 1.165) is 12.0 Å². The summed E-state index contributed by atoms with van der Waals surface area (Å²) in [6, 6.07) is 0. The first kappa shape index (κ1) is 8.53. The van der Waals surface area contributed by atoms with E-state index in [9.17, 15) is 0 Å². The Morgan fingerprint density at radius 2 is 2.25 bits per heavy atom. The van der Waals surface area contributed by atoms with Crippen molar-refractivity contribution in [3.63, 3.8) is 0 Å². The van der Waals surface area contributed by atoms with Crippen LogP contribution < -0.4 is 5.73 Å². The number of hydrogen-bond acceptors (Lipinski definition) is 2. The molecule has 0 aromatic heterocycles. The number of hydrogen-bond donors (Lipinski definition) is 1. The van der Waals surface area contributed by atoms with E-state index in [1.807, 2.05) is 30.4 Å². The van der Waals surface area contributed by atoms with Gasteiger partial charge in [0.05, 0.1) is 0 Å². The lowest BCUT2D eigenvalue weighted by atomic mass is 10.1. The first-order valence-corrected chi connectivity index (χ1v) is 3.81. The van der Waals surface area contributed by atoms with Gasteiger partial charge in [-0.15, -0.1) is 6.58 Å². The summed E-state index contributed by atoms with van der Waals surface area (Å²) < 4.78 is 0. The molecular formula is C10H12N2. The highest BCUT2D eigenvalue weighted by Crippen LogP contribution is 2.04. The van der Waals surface area contributed by atoms with E-state index >= 15 is 0 Å². The number of amidine groups is 1. The largest absolute Gasteiger partial charge is 0.383 e. The van der Waals surface area contributed by atoms with Gasteiger partial charge in [0.15, 0.2) is 0 Å². The molecule has 0 aromatic rings. The van der Waals surface area contributed by atoms with Crippen LogP contribution in [0.15, 0.2) is 53.7 Å². The van der Waals surface area contributed by atoms with Crippen LogP contribution in [0.1, 0.15) is 6.42 Å². The van der Waals surface area contributed by atoms with E-state index in [1.54, 1.807) is 6.20 Å². The van der Waals surface area contributed by atoms with Crippen LogP contribution in [0.2, 0.25) is 0 Å². The van der Waals surface area contributed by atoms with E-state index in [0.29, 0.717) is 5.84 Å². The third-order valence-corrected chi connectivity index (χ3v) is 1.51. The van der Waals surface area contributed by atoms with Gasteiger partial charge in [-0.2, -0.15) is 0 Å². The molecule has 0 unspecified atom stereocenters. The van der Waals surface area contributed by atoms with Crippen molar-refractivity contribution >= 4 is 5.84 Å². The number of rotatable bonds is 2. The molecule has 0 aromatic carbocycles. The first-order chi connectivity index (χ1) is 5.84. The number of aliphatic imine (C=N–C) groups is 1. The predicted octanol–water partition coefficient (Wildman–Crippen LogP) is 1.93. The van der Waals surface area contributed by atoms with Crippen LogP contribution in [0.5, 0.6) is 0 Å². The van der Waals surface area contributed by atoms with Gasteiger partial charge in [0.25, 0.3) is 0 Å². The third-order valence-electron chi connectivity index (χ3n) is 1.51. The molecule has 0 spiro atoms.